The normalized spacial score (nSPS) is 12.0. The highest BCUT2D eigenvalue weighted by molar-refractivity contribution is 9.10. The molecule has 0 saturated heterocycles. The Morgan fingerprint density at radius 2 is 1.96 bits per heavy atom. The fourth-order valence-electron chi connectivity index (χ4n) is 2.54. The lowest BCUT2D eigenvalue weighted by molar-refractivity contribution is 0.248. The number of nitrogens with zero attached hydrogens (tertiary/aromatic N) is 3. The average molecular weight is 428 g/mol. The van der Waals surface area contributed by atoms with Crippen molar-refractivity contribution < 1.29 is 5.11 Å². The summed E-state index contributed by atoms with van der Waals surface area (Å²) in [6.07, 6.45) is 3.49. The van der Waals surface area contributed by atoms with Crippen molar-refractivity contribution >= 4 is 33.4 Å². The predicted molar refractivity (Wildman–Crippen MR) is 112 cm³/mol. The zero-order valence-corrected chi connectivity index (χ0v) is 16.8. The molecule has 0 aliphatic heterocycles. The molecule has 2 heterocycles. The molecule has 0 radical (unpaired) electrons. The lowest BCUT2D eigenvalue weighted by Crippen LogP contribution is -2.30. The maximum absolute atomic E-state index is 9.63. The minimum atomic E-state index is -0.132. The molecule has 0 unspecified atom stereocenters. The second-order valence-electron chi connectivity index (χ2n) is 6.52. The van der Waals surface area contributed by atoms with Gasteiger partial charge in [-0.2, -0.15) is 4.98 Å². The van der Waals surface area contributed by atoms with Crippen molar-refractivity contribution in [2.75, 3.05) is 17.2 Å². The summed E-state index contributed by atoms with van der Waals surface area (Å²) in [6, 6.07) is 13.4. The van der Waals surface area contributed by atoms with Crippen LogP contribution in [0.4, 0.5) is 17.5 Å². The summed E-state index contributed by atoms with van der Waals surface area (Å²) in [4.78, 5) is 13.4. The van der Waals surface area contributed by atoms with Crippen LogP contribution in [0.25, 0.3) is 11.3 Å². The number of anilines is 3. The Hall–Kier alpha value is -2.51. The van der Waals surface area contributed by atoms with Gasteiger partial charge >= 0.3 is 0 Å². The number of aliphatic hydroxyl groups is 1. The smallest absolute Gasteiger partial charge is 0.225 e. The summed E-state index contributed by atoms with van der Waals surface area (Å²) >= 11 is 3.48. The molecule has 0 fully saturated rings. The molecule has 3 aromatic rings. The molecule has 27 heavy (non-hydrogen) atoms. The number of aromatic nitrogens is 3. The summed E-state index contributed by atoms with van der Waals surface area (Å²) in [5, 5.41) is 16.2. The summed E-state index contributed by atoms with van der Waals surface area (Å²) in [6.45, 7) is 4.09. The Labute approximate surface area is 167 Å². The van der Waals surface area contributed by atoms with Crippen molar-refractivity contribution in [3.63, 3.8) is 0 Å². The molecular weight excluding hydrogens is 406 g/mol. The fourth-order valence-corrected chi connectivity index (χ4v) is 2.94. The molecule has 2 aromatic heterocycles. The van der Waals surface area contributed by atoms with Gasteiger partial charge in [0.05, 0.1) is 18.3 Å². The molecule has 0 saturated carbocycles. The van der Waals surface area contributed by atoms with E-state index in [0.717, 1.165) is 21.4 Å². The first-order valence-corrected chi connectivity index (χ1v) is 9.54. The van der Waals surface area contributed by atoms with E-state index in [0.29, 0.717) is 11.8 Å². The van der Waals surface area contributed by atoms with Gasteiger partial charge in [-0.3, -0.25) is 4.98 Å². The molecule has 0 aliphatic carbocycles. The van der Waals surface area contributed by atoms with E-state index in [-0.39, 0.29) is 18.6 Å². The predicted octanol–water partition coefficient (Wildman–Crippen LogP) is 4.47. The SMILES string of the molecule is CC(C)[C@@H](CO)Nc1nc(Nc2cccc(Br)c2)cc(-c2cccnc2)n1. The second kappa shape index (κ2) is 8.92. The van der Waals surface area contributed by atoms with E-state index < -0.39 is 0 Å². The largest absolute Gasteiger partial charge is 0.394 e. The first-order chi connectivity index (χ1) is 13.0. The van der Waals surface area contributed by atoms with E-state index in [1.807, 2.05) is 56.3 Å². The molecule has 6 nitrogen and oxygen atoms in total. The van der Waals surface area contributed by atoms with Gasteiger partial charge in [0, 0.05) is 34.2 Å². The minimum absolute atomic E-state index is 0.00649. The van der Waals surface area contributed by atoms with Crippen molar-refractivity contribution in [2.45, 2.75) is 19.9 Å². The number of halogens is 1. The number of hydrogen-bond donors (Lipinski definition) is 3. The Balaban J connectivity index is 1.97. The first kappa shape index (κ1) is 19.3. The molecule has 1 atom stereocenters. The third-order valence-corrected chi connectivity index (χ3v) is 4.59. The van der Waals surface area contributed by atoms with Gasteiger partial charge in [-0.25, -0.2) is 4.98 Å². The molecule has 0 aliphatic rings. The van der Waals surface area contributed by atoms with Crippen LogP contribution in [0.15, 0.2) is 59.3 Å². The molecule has 3 N–H and O–H groups in total. The van der Waals surface area contributed by atoms with Crippen molar-refractivity contribution in [1.82, 2.24) is 15.0 Å². The topological polar surface area (TPSA) is 83.0 Å². The van der Waals surface area contributed by atoms with E-state index >= 15 is 0 Å². The Morgan fingerprint density at radius 3 is 2.63 bits per heavy atom. The molecule has 7 heteroatoms. The van der Waals surface area contributed by atoms with E-state index in [2.05, 4.69) is 41.5 Å². The van der Waals surface area contributed by atoms with Gasteiger partial charge in [0.2, 0.25) is 5.95 Å². The van der Waals surface area contributed by atoms with Gasteiger partial charge in [0.1, 0.15) is 5.82 Å². The number of hydrogen-bond acceptors (Lipinski definition) is 6. The third kappa shape index (κ3) is 5.24. The first-order valence-electron chi connectivity index (χ1n) is 8.74. The number of pyridine rings is 1. The zero-order valence-electron chi connectivity index (χ0n) is 15.2. The number of aliphatic hydroxyl groups excluding tert-OH is 1. The average Bonchev–Trinajstić information content (AvgIpc) is 2.66. The Bertz CT molecular complexity index is 889. The third-order valence-electron chi connectivity index (χ3n) is 4.10. The van der Waals surface area contributed by atoms with Crippen LogP contribution in [0.1, 0.15) is 13.8 Å². The lowest BCUT2D eigenvalue weighted by atomic mass is 10.1. The summed E-state index contributed by atoms with van der Waals surface area (Å²) in [7, 11) is 0. The molecule has 140 valence electrons. The van der Waals surface area contributed by atoms with Crippen molar-refractivity contribution in [3.05, 3.63) is 59.3 Å². The van der Waals surface area contributed by atoms with Gasteiger partial charge in [-0.05, 0) is 36.2 Å². The van der Waals surface area contributed by atoms with Crippen LogP contribution in [0, 0.1) is 5.92 Å². The van der Waals surface area contributed by atoms with Gasteiger partial charge < -0.3 is 15.7 Å². The van der Waals surface area contributed by atoms with Gasteiger partial charge in [-0.1, -0.05) is 35.8 Å². The maximum atomic E-state index is 9.63. The standard InChI is InChI=1S/C20H22BrN5O/c1-13(2)18(12-27)25-20-24-17(14-5-4-8-22-11-14)10-19(26-20)23-16-7-3-6-15(21)9-16/h3-11,13,18,27H,12H2,1-2H3,(H2,23,24,25,26)/t18-/m1/s1. The van der Waals surface area contributed by atoms with Crippen molar-refractivity contribution in [1.29, 1.82) is 0 Å². The highest BCUT2D eigenvalue weighted by atomic mass is 79.9. The Kier molecular flexibility index (Phi) is 6.36. The van der Waals surface area contributed by atoms with Crippen LogP contribution in [0.5, 0.6) is 0 Å². The van der Waals surface area contributed by atoms with Crippen LogP contribution < -0.4 is 10.6 Å². The van der Waals surface area contributed by atoms with Crippen LogP contribution in [0.2, 0.25) is 0 Å². The van der Waals surface area contributed by atoms with E-state index in [1.54, 1.807) is 12.4 Å². The van der Waals surface area contributed by atoms with Crippen LogP contribution in [-0.2, 0) is 0 Å². The monoisotopic (exact) mass is 427 g/mol. The molecular formula is C20H22BrN5O. The Morgan fingerprint density at radius 1 is 1.11 bits per heavy atom. The highest BCUT2D eigenvalue weighted by Crippen LogP contribution is 2.25. The zero-order chi connectivity index (χ0) is 19.2. The van der Waals surface area contributed by atoms with Crippen molar-refractivity contribution in [2.24, 2.45) is 5.92 Å². The quantitative estimate of drug-likeness (QED) is 0.515. The fraction of sp³-hybridized carbons (Fsp3) is 0.250. The number of nitrogens with one attached hydrogen (secondary N) is 2. The highest BCUT2D eigenvalue weighted by Gasteiger charge is 2.15. The van der Waals surface area contributed by atoms with E-state index in [9.17, 15) is 5.11 Å². The molecule has 0 spiro atoms. The summed E-state index contributed by atoms with van der Waals surface area (Å²) in [5.41, 5.74) is 2.55. The molecule has 0 amide bonds. The van der Waals surface area contributed by atoms with E-state index in [1.165, 1.54) is 0 Å². The molecule has 1 aromatic carbocycles. The van der Waals surface area contributed by atoms with Crippen LogP contribution >= 0.6 is 15.9 Å². The molecule has 3 rings (SSSR count). The minimum Gasteiger partial charge on any atom is -0.394 e. The maximum Gasteiger partial charge on any atom is 0.225 e. The van der Waals surface area contributed by atoms with Gasteiger partial charge in [-0.15, -0.1) is 0 Å². The second-order valence-corrected chi connectivity index (χ2v) is 7.43. The number of benzene rings is 1. The van der Waals surface area contributed by atoms with Gasteiger partial charge in [0.25, 0.3) is 0 Å². The lowest BCUT2D eigenvalue weighted by Gasteiger charge is -2.20. The number of rotatable bonds is 7. The van der Waals surface area contributed by atoms with Gasteiger partial charge in [0.15, 0.2) is 0 Å². The summed E-state index contributed by atoms with van der Waals surface area (Å²) < 4.78 is 0.979. The molecule has 0 bridgehead atoms. The van der Waals surface area contributed by atoms with E-state index in [4.69, 9.17) is 0 Å². The van der Waals surface area contributed by atoms with Crippen LogP contribution in [0.3, 0.4) is 0 Å². The van der Waals surface area contributed by atoms with Crippen molar-refractivity contribution in [3.8, 4) is 11.3 Å². The van der Waals surface area contributed by atoms with Crippen LogP contribution in [-0.4, -0.2) is 32.7 Å². The summed E-state index contributed by atoms with van der Waals surface area (Å²) in [5.74, 6) is 1.36.